The number of benzene rings is 1. The van der Waals surface area contributed by atoms with Crippen molar-refractivity contribution in [1.82, 2.24) is 15.1 Å². The van der Waals surface area contributed by atoms with Crippen LogP contribution in [0.15, 0.2) is 36.4 Å². The van der Waals surface area contributed by atoms with Crippen LogP contribution in [0, 0.1) is 0 Å². The van der Waals surface area contributed by atoms with Crippen molar-refractivity contribution in [2.24, 2.45) is 0 Å². The van der Waals surface area contributed by atoms with Crippen LogP contribution in [-0.2, 0) is 9.53 Å². The molecule has 0 spiro atoms. The van der Waals surface area contributed by atoms with Gasteiger partial charge in [0, 0.05) is 32.7 Å². The lowest BCUT2D eigenvalue weighted by Crippen LogP contribution is -2.51. The number of nitrogens with zero attached hydrogens (tertiary/aromatic N) is 2. The van der Waals surface area contributed by atoms with E-state index in [1.54, 1.807) is 25.7 Å². The summed E-state index contributed by atoms with van der Waals surface area (Å²) in [5, 5.41) is 2.52. The number of piperazine rings is 1. The molecule has 1 aliphatic heterocycles. The van der Waals surface area contributed by atoms with E-state index in [-0.39, 0.29) is 12.5 Å². The van der Waals surface area contributed by atoms with Crippen molar-refractivity contribution in [2.75, 3.05) is 39.3 Å². The van der Waals surface area contributed by atoms with Gasteiger partial charge in [-0.2, -0.15) is 0 Å². The van der Waals surface area contributed by atoms with E-state index in [1.165, 1.54) is 5.56 Å². The number of carbonyl (C=O) groups is 2. The Kier molecular flexibility index (Phi) is 7.21. The summed E-state index contributed by atoms with van der Waals surface area (Å²) < 4.78 is 5.14. The molecular weight excluding hydrogens is 330 g/mol. The van der Waals surface area contributed by atoms with Gasteiger partial charge in [-0.15, -0.1) is 0 Å². The highest BCUT2D eigenvalue weighted by Gasteiger charge is 2.22. The molecule has 0 aliphatic carbocycles. The molecule has 142 valence electrons. The SMILES string of the molecule is CC(C)(C)OC(=O)NCC(=O)N1CCN(C/C=C/c2ccccc2)CC1. The normalized spacial score (nSPS) is 15.9. The fourth-order valence-corrected chi connectivity index (χ4v) is 2.66. The molecule has 1 N–H and O–H groups in total. The summed E-state index contributed by atoms with van der Waals surface area (Å²) in [4.78, 5) is 27.9. The van der Waals surface area contributed by atoms with Crippen molar-refractivity contribution in [1.29, 1.82) is 0 Å². The lowest BCUT2D eigenvalue weighted by atomic mass is 10.2. The van der Waals surface area contributed by atoms with E-state index in [4.69, 9.17) is 4.74 Å². The molecule has 1 aliphatic rings. The highest BCUT2D eigenvalue weighted by molar-refractivity contribution is 5.82. The number of alkyl carbamates (subject to hydrolysis) is 1. The standard InChI is InChI=1S/C20H29N3O3/c1-20(2,3)26-19(25)21-16-18(24)23-14-12-22(13-15-23)11-7-10-17-8-5-4-6-9-17/h4-10H,11-16H2,1-3H3,(H,21,25)/b10-7+. The third kappa shape index (κ3) is 7.27. The van der Waals surface area contributed by atoms with Crippen molar-refractivity contribution in [2.45, 2.75) is 26.4 Å². The predicted molar refractivity (Wildman–Crippen MR) is 103 cm³/mol. The summed E-state index contributed by atoms with van der Waals surface area (Å²) in [5.74, 6) is -0.0738. The van der Waals surface area contributed by atoms with E-state index in [0.29, 0.717) is 13.1 Å². The first kappa shape index (κ1) is 20.0. The van der Waals surface area contributed by atoms with Crippen molar-refractivity contribution in [3.05, 3.63) is 42.0 Å². The summed E-state index contributed by atoms with van der Waals surface area (Å²) in [6, 6.07) is 10.2. The zero-order valence-electron chi connectivity index (χ0n) is 15.9. The molecule has 1 aromatic rings. The Morgan fingerprint density at radius 1 is 1.12 bits per heavy atom. The summed E-state index contributed by atoms with van der Waals surface area (Å²) in [6.45, 7) is 9.23. The molecular formula is C20H29N3O3. The molecule has 2 rings (SSSR count). The number of hydrogen-bond acceptors (Lipinski definition) is 4. The quantitative estimate of drug-likeness (QED) is 0.877. The van der Waals surface area contributed by atoms with E-state index in [0.717, 1.165) is 19.6 Å². The van der Waals surface area contributed by atoms with Crippen LogP contribution in [0.25, 0.3) is 6.08 Å². The van der Waals surface area contributed by atoms with E-state index in [1.807, 2.05) is 18.2 Å². The lowest BCUT2D eigenvalue weighted by molar-refractivity contribution is -0.131. The van der Waals surface area contributed by atoms with Crippen LogP contribution in [0.3, 0.4) is 0 Å². The minimum absolute atomic E-state index is 0.0250. The van der Waals surface area contributed by atoms with Gasteiger partial charge in [0.2, 0.25) is 5.91 Å². The minimum Gasteiger partial charge on any atom is -0.444 e. The van der Waals surface area contributed by atoms with Crippen LogP contribution < -0.4 is 5.32 Å². The highest BCUT2D eigenvalue weighted by atomic mass is 16.6. The molecule has 26 heavy (non-hydrogen) atoms. The van der Waals surface area contributed by atoms with Gasteiger partial charge in [-0.3, -0.25) is 9.69 Å². The van der Waals surface area contributed by atoms with Gasteiger partial charge in [-0.1, -0.05) is 42.5 Å². The zero-order valence-corrected chi connectivity index (χ0v) is 15.9. The number of hydrogen-bond donors (Lipinski definition) is 1. The van der Waals surface area contributed by atoms with Crippen LogP contribution in [0.2, 0.25) is 0 Å². The Hall–Kier alpha value is -2.34. The second-order valence-electron chi connectivity index (χ2n) is 7.35. The first-order valence-electron chi connectivity index (χ1n) is 9.02. The molecule has 0 saturated carbocycles. The molecule has 1 aromatic carbocycles. The first-order chi connectivity index (χ1) is 12.3. The molecule has 0 radical (unpaired) electrons. The first-order valence-corrected chi connectivity index (χ1v) is 9.02. The minimum atomic E-state index is -0.563. The van der Waals surface area contributed by atoms with Crippen LogP contribution in [0.4, 0.5) is 4.79 Å². The predicted octanol–water partition coefficient (Wildman–Crippen LogP) is 2.37. The van der Waals surface area contributed by atoms with E-state index >= 15 is 0 Å². The fraction of sp³-hybridized carbons (Fsp3) is 0.500. The molecule has 1 heterocycles. The Bertz CT molecular complexity index is 615. The largest absolute Gasteiger partial charge is 0.444 e. The molecule has 2 amide bonds. The Labute approximate surface area is 155 Å². The number of ether oxygens (including phenoxy) is 1. The molecule has 0 aromatic heterocycles. The van der Waals surface area contributed by atoms with Gasteiger partial charge in [0.15, 0.2) is 0 Å². The van der Waals surface area contributed by atoms with Crippen molar-refractivity contribution in [3.63, 3.8) is 0 Å². The van der Waals surface area contributed by atoms with Crippen LogP contribution in [0.1, 0.15) is 26.3 Å². The molecule has 1 fully saturated rings. The topological polar surface area (TPSA) is 61.9 Å². The Balaban J connectivity index is 1.66. The molecule has 1 saturated heterocycles. The van der Waals surface area contributed by atoms with Crippen molar-refractivity contribution >= 4 is 18.1 Å². The highest BCUT2D eigenvalue weighted by Crippen LogP contribution is 2.07. The third-order valence-electron chi connectivity index (χ3n) is 3.98. The van der Waals surface area contributed by atoms with Gasteiger partial charge in [0.1, 0.15) is 12.1 Å². The summed E-state index contributed by atoms with van der Waals surface area (Å²) in [5.41, 5.74) is 0.626. The third-order valence-corrected chi connectivity index (χ3v) is 3.98. The zero-order chi connectivity index (χ0) is 19.0. The van der Waals surface area contributed by atoms with E-state index < -0.39 is 11.7 Å². The summed E-state index contributed by atoms with van der Waals surface area (Å²) >= 11 is 0. The van der Waals surface area contributed by atoms with Gasteiger partial charge < -0.3 is 15.0 Å². The second-order valence-corrected chi connectivity index (χ2v) is 7.35. The average molecular weight is 359 g/mol. The average Bonchev–Trinajstić information content (AvgIpc) is 2.60. The van der Waals surface area contributed by atoms with Gasteiger partial charge >= 0.3 is 6.09 Å². The smallest absolute Gasteiger partial charge is 0.408 e. The lowest BCUT2D eigenvalue weighted by Gasteiger charge is -2.34. The summed E-state index contributed by atoms with van der Waals surface area (Å²) in [7, 11) is 0. The maximum Gasteiger partial charge on any atom is 0.408 e. The van der Waals surface area contributed by atoms with Crippen molar-refractivity contribution < 1.29 is 14.3 Å². The number of rotatable bonds is 5. The van der Waals surface area contributed by atoms with Gasteiger partial charge in [-0.05, 0) is 26.3 Å². The van der Waals surface area contributed by atoms with E-state index in [9.17, 15) is 9.59 Å². The van der Waals surface area contributed by atoms with Crippen molar-refractivity contribution in [3.8, 4) is 0 Å². The van der Waals surface area contributed by atoms with Gasteiger partial charge in [0.25, 0.3) is 0 Å². The monoisotopic (exact) mass is 359 g/mol. The van der Waals surface area contributed by atoms with Gasteiger partial charge in [-0.25, -0.2) is 4.79 Å². The number of amides is 2. The Morgan fingerprint density at radius 3 is 2.38 bits per heavy atom. The fourth-order valence-electron chi connectivity index (χ4n) is 2.66. The molecule has 0 atom stereocenters. The van der Waals surface area contributed by atoms with E-state index in [2.05, 4.69) is 34.5 Å². The van der Waals surface area contributed by atoms with Gasteiger partial charge in [0.05, 0.1) is 0 Å². The van der Waals surface area contributed by atoms with Crippen LogP contribution in [0.5, 0.6) is 0 Å². The van der Waals surface area contributed by atoms with Crippen LogP contribution in [-0.4, -0.2) is 66.7 Å². The maximum absolute atomic E-state index is 12.2. The molecule has 0 bridgehead atoms. The summed E-state index contributed by atoms with van der Waals surface area (Å²) in [6.07, 6.45) is 3.70. The molecule has 0 unspecified atom stereocenters. The number of carbonyl (C=O) groups excluding carboxylic acids is 2. The second kappa shape index (κ2) is 9.38. The molecule has 6 nitrogen and oxygen atoms in total. The maximum atomic E-state index is 12.2. The Morgan fingerprint density at radius 2 is 1.77 bits per heavy atom. The van der Waals surface area contributed by atoms with Crippen LogP contribution >= 0.6 is 0 Å². The molecule has 6 heteroatoms. The number of nitrogens with one attached hydrogen (secondary N) is 1.